The highest BCUT2D eigenvalue weighted by atomic mass is 33.1. The Bertz CT molecular complexity index is 1340. The van der Waals surface area contributed by atoms with Gasteiger partial charge in [0.1, 0.15) is 24.4 Å². The molecule has 10 heteroatoms. The summed E-state index contributed by atoms with van der Waals surface area (Å²) in [6.07, 6.45) is 4.07. The van der Waals surface area contributed by atoms with E-state index in [9.17, 15) is 19.5 Å². The van der Waals surface area contributed by atoms with Crippen molar-refractivity contribution in [3.8, 4) is 5.75 Å². The van der Waals surface area contributed by atoms with E-state index in [1.165, 1.54) is 4.90 Å². The molecule has 45 heavy (non-hydrogen) atoms. The fourth-order valence-corrected chi connectivity index (χ4v) is 7.65. The summed E-state index contributed by atoms with van der Waals surface area (Å²) in [4.78, 5) is 44.8. The van der Waals surface area contributed by atoms with Gasteiger partial charge in [0.15, 0.2) is 0 Å². The normalized spacial score (nSPS) is 18.0. The zero-order valence-electron chi connectivity index (χ0n) is 25.6. The van der Waals surface area contributed by atoms with E-state index < -0.39 is 24.1 Å². The number of amides is 3. The van der Waals surface area contributed by atoms with Crippen LogP contribution in [0.1, 0.15) is 48.8 Å². The van der Waals surface area contributed by atoms with Crippen LogP contribution in [0.2, 0.25) is 0 Å². The lowest BCUT2D eigenvalue weighted by Gasteiger charge is -2.37. The first-order valence-corrected chi connectivity index (χ1v) is 18.0. The van der Waals surface area contributed by atoms with E-state index in [2.05, 4.69) is 0 Å². The maximum Gasteiger partial charge on any atom is 0.410 e. The fraction of sp³-hybridized carbons (Fsp3) is 0.400. The number of phenolic OH excluding ortho intramolecular Hbond substituents is 1. The van der Waals surface area contributed by atoms with Crippen molar-refractivity contribution in [3.05, 3.63) is 102 Å². The van der Waals surface area contributed by atoms with Gasteiger partial charge < -0.3 is 20.5 Å². The van der Waals surface area contributed by atoms with Crippen LogP contribution in [0, 0.1) is 0 Å². The lowest BCUT2D eigenvalue weighted by Crippen LogP contribution is -2.58. The first kappa shape index (κ1) is 34.2. The van der Waals surface area contributed by atoms with Crippen molar-refractivity contribution < 1.29 is 24.2 Å². The number of carbonyl (C=O) groups excluding carboxylic acids is 3. The minimum Gasteiger partial charge on any atom is -0.508 e. The zero-order chi connectivity index (χ0) is 31.9. The second kappa shape index (κ2) is 18.4. The van der Waals surface area contributed by atoms with Crippen molar-refractivity contribution in [2.24, 2.45) is 5.73 Å². The Labute approximate surface area is 274 Å². The predicted molar refractivity (Wildman–Crippen MR) is 182 cm³/mol. The number of rotatable bonds is 8. The molecule has 0 bridgehead atoms. The van der Waals surface area contributed by atoms with E-state index in [4.69, 9.17) is 10.5 Å². The Hall–Kier alpha value is -3.63. The molecular weight excluding hydrogens is 607 g/mol. The van der Waals surface area contributed by atoms with Crippen LogP contribution in [0.5, 0.6) is 5.75 Å². The van der Waals surface area contributed by atoms with Crippen molar-refractivity contribution in [3.63, 3.8) is 0 Å². The molecule has 0 saturated carbocycles. The van der Waals surface area contributed by atoms with Gasteiger partial charge in [-0.15, -0.1) is 0 Å². The molecule has 8 nitrogen and oxygen atoms in total. The van der Waals surface area contributed by atoms with Crippen molar-refractivity contribution in [1.82, 2.24) is 9.80 Å². The van der Waals surface area contributed by atoms with E-state index in [0.29, 0.717) is 25.9 Å². The van der Waals surface area contributed by atoms with E-state index in [1.807, 2.05) is 82.3 Å². The first-order valence-electron chi connectivity index (χ1n) is 15.6. The van der Waals surface area contributed by atoms with Gasteiger partial charge in [-0.05, 0) is 54.5 Å². The Morgan fingerprint density at radius 3 is 2.04 bits per heavy atom. The lowest BCUT2D eigenvalue weighted by molar-refractivity contribution is -0.143. The molecule has 3 N–H and O–H groups in total. The standard InChI is InChI=1S/C35H43N3O5S2/c36-33(40)31(24-27-12-4-1-5-13-27)37-20-8-3-10-22-44-45-23-11-9-21-38(35(42)43-26-29-14-6-2-7-15-29)32(34(37)41)25-28-16-18-30(39)19-17-28/h1-2,4-7,12-19,31-32,39H,3,8-11,20-26H2,(H2,36,40)/t31-,32+/m1/s1. The topological polar surface area (TPSA) is 113 Å². The van der Waals surface area contributed by atoms with Gasteiger partial charge in [-0.1, -0.05) is 101 Å². The van der Waals surface area contributed by atoms with Gasteiger partial charge in [0.2, 0.25) is 11.8 Å². The SMILES string of the molecule is NC(=O)[C@@H](Cc1ccccc1)N1CCCCCSSCCCCN(C(=O)OCc2ccccc2)[C@@H](Cc2ccc(O)cc2)C1=O. The van der Waals surface area contributed by atoms with Crippen LogP contribution < -0.4 is 5.73 Å². The first-order chi connectivity index (χ1) is 21.9. The van der Waals surface area contributed by atoms with Gasteiger partial charge in [-0.3, -0.25) is 14.5 Å². The molecule has 0 unspecified atom stereocenters. The molecule has 0 radical (unpaired) electrons. The summed E-state index contributed by atoms with van der Waals surface area (Å²) in [5.74, 6) is 1.15. The number of benzene rings is 3. The van der Waals surface area contributed by atoms with Crippen LogP contribution in [0.25, 0.3) is 0 Å². The number of hydrogen-bond acceptors (Lipinski definition) is 7. The average Bonchev–Trinajstić information content (AvgIpc) is 3.06. The number of ether oxygens (including phenoxy) is 1. The molecule has 3 aromatic carbocycles. The Kier molecular flexibility index (Phi) is 14.0. The number of nitrogens with two attached hydrogens (primary N) is 1. The summed E-state index contributed by atoms with van der Waals surface area (Å²) >= 11 is 0. The minimum absolute atomic E-state index is 0.0738. The molecule has 4 rings (SSSR count). The van der Waals surface area contributed by atoms with Gasteiger partial charge >= 0.3 is 6.09 Å². The third-order valence-corrected chi connectivity index (χ3v) is 10.4. The number of carbonyl (C=O) groups is 3. The number of hydrogen-bond donors (Lipinski definition) is 2. The second-order valence-electron chi connectivity index (χ2n) is 11.2. The van der Waals surface area contributed by atoms with E-state index >= 15 is 0 Å². The molecule has 1 aliphatic rings. The molecule has 2 atom stereocenters. The highest BCUT2D eigenvalue weighted by Gasteiger charge is 2.38. The van der Waals surface area contributed by atoms with Crippen molar-refractivity contribution in [2.45, 2.75) is 63.6 Å². The van der Waals surface area contributed by atoms with E-state index in [1.54, 1.807) is 29.2 Å². The Morgan fingerprint density at radius 2 is 1.40 bits per heavy atom. The van der Waals surface area contributed by atoms with Crippen LogP contribution in [0.15, 0.2) is 84.9 Å². The smallest absolute Gasteiger partial charge is 0.410 e. The van der Waals surface area contributed by atoms with Gasteiger partial charge in [-0.25, -0.2) is 4.79 Å². The van der Waals surface area contributed by atoms with Crippen molar-refractivity contribution in [2.75, 3.05) is 24.6 Å². The van der Waals surface area contributed by atoms with Crippen LogP contribution in [-0.2, 0) is 33.8 Å². The highest BCUT2D eigenvalue weighted by Crippen LogP contribution is 2.26. The highest BCUT2D eigenvalue weighted by molar-refractivity contribution is 8.76. The van der Waals surface area contributed by atoms with Crippen LogP contribution >= 0.6 is 21.6 Å². The van der Waals surface area contributed by atoms with Crippen LogP contribution in [0.4, 0.5) is 4.79 Å². The van der Waals surface area contributed by atoms with E-state index in [-0.39, 0.29) is 31.1 Å². The summed E-state index contributed by atoms with van der Waals surface area (Å²) in [6, 6.07) is 23.8. The molecular formula is C35H43N3O5S2. The lowest BCUT2D eigenvalue weighted by atomic mass is 9.99. The number of nitrogens with zero attached hydrogens (tertiary/aromatic N) is 2. The Morgan fingerprint density at radius 1 is 0.800 bits per heavy atom. The van der Waals surface area contributed by atoms with Gasteiger partial charge in [-0.2, -0.15) is 0 Å². The van der Waals surface area contributed by atoms with Gasteiger partial charge in [0.05, 0.1) is 0 Å². The summed E-state index contributed by atoms with van der Waals surface area (Å²) in [7, 11) is 3.69. The predicted octanol–water partition coefficient (Wildman–Crippen LogP) is 6.21. The summed E-state index contributed by atoms with van der Waals surface area (Å²) in [5.41, 5.74) is 8.52. The molecule has 1 saturated heterocycles. The third-order valence-electron chi connectivity index (χ3n) is 7.81. The molecule has 1 aliphatic heterocycles. The molecule has 0 aliphatic carbocycles. The largest absolute Gasteiger partial charge is 0.508 e. The number of phenols is 1. The average molecular weight is 650 g/mol. The molecule has 1 fully saturated rings. The van der Waals surface area contributed by atoms with E-state index in [0.717, 1.165) is 47.5 Å². The monoisotopic (exact) mass is 649 g/mol. The third kappa shape index (κ3) is 11.0. The fourth-order valence-electron chi connectivity index (χ4n) is 5.36. The van der Waals surface area contributed by atoms with Crippen LogP contribution in [-0.4, -0.2) is 69.5 Å². The van der Waals surface area contributed by atoms with Crippen molar-refractivity contribution in [1.29, 1.82) is 0 Å². The molecule has 1 heterocycles. The second-order valence-corrected chi connectivity index (χ2v) is 13.9. The van der Waals surface area contributed by atoms with Gasteiger partial charge in [0.25, 0.3) is 0 Å². The quantitative estimate of drug-likeness (QED) is 0.279. The van der Waals surface area contributed by atoms with Crippen molar-refractivity contribution >= 4 is 39.5 Å². The summed E-state index contributed by atoms with van der Waals surface area (Å²) in [5, 5.41) is 9.92. The summed E-state index contributed by atoms with van der Waals surface area (Å²) < 4.78 is 5.81. The number of aromatic hydroxyl groups is 1. The molecule has 0 aromatic heterocycles. The Balaban J connectivity index is 1.71. The summed E-state index contributed by atoms with van der Waals surface area (Å²) in [6.45, 7) is 0.738. The van der Waals surface area contributed by atoms with Crippen LogP contribution in [0.3, 0.4) is 0 Å². The molecule has 3 aromatic rings. The molecule has 3 amide bonds. The molecule has 0 spiro atoms. The van der Waals surface area contributed by atoms with Gasteiger partial charge in [0, 0.05) is 37.4 Å². The zero-order valence-corrected chi connectivity index (χ0v) is 27.2. The maximum absolute atomic E-state index is 14.8. The maximum atomic E-state index is 14.8. The number of primary amides is 1. The molecule has 240 valence electrons. The minimum atomic E-state index is -0.942.